The minimum absolute atomic E-state index is 0.110. The summed E-state index contributed by atoms with van der Waals surface area (Å²) in [6.07, 6.45) is 1.40. The molecule has 150 valence electrons. The van der Waals surface area contributed by atoms with Gasteiger partial charge in [-0.25, -0.2) is 18.6 Å². The number of benzene rings is 2. The van der Waals surface area contributed by atoms with Crippen LogP contribution in [0.2, 0.25) is 5.02 Å². The number of pyridine rings is 1. The third-order valence-electron chi connectivity index (χ3n) is 4.78. The summed E-state index contributed by atoms with van der Waals surface area (Å²) in [6.45, 7) is 1.91. The molecule has 0 saturated carbocycles. The quantitative estimate of drug-likeness (QED) is 0.569. The molecule has 1 aliphatic rings. The molecule has 1 aromatic heterocycles. The van der Waals surface area contributed by atoms with Gasteiger partial charge in [0.05, 0.1) is 17.6 Å². The second-order valence-electron chi connectivity index (χ2n) is 6.56. The van der Waals surface area contributed by atoms with Crippen LogP contribution in [0.25, 0.3) is 11.1 Å². The maximum atomic E-state index is 14.9. The van der Waals surface area contributed by atoms with Crippen LogP contribution in [0.4, 0.5) is 36.3 Å². The van der Waals surface area contributed by atoms with Gasteiger partial charge in [0.2, 0.25) is 0 Å². The van der Waals surface area contributed by atoms with Crippen molar-refractivity contribution in [3.63, 3.8) is 0 Å². The van der Waals surface area contributed by atoms with Crippen LogP contribution in [0.3, 0.4) is 0 Å². The molecule has 2 aromatic carbocycles. The molecule has 0 aliphatic carbocycles. The number of nitrogens with zero attached hydrogens (tertiary/aromatic N) is 4. The number of carbonyl (C=O) groups excluding carboxylic acids is 1. The molecule has 1 aliphatic heterocycles. The van der Waals surface area contributed by atoms with Gasteiger partial charge in [-0.1, -0.05) is 17.7 Å². The average molecular weight is 426 g/mol. The molecule has 6 nitrogen and oxygen atoms in total. The molecule has 0 saturated heterocycles. The van der Waals surface area contributed by atoms with Gasteiger partial charge in [-0.15, -0.1) is 0 Å². The van der Waals surface area contributed by atoms with E-state index in [1.807, 2.05) is 6.07 Å². The van der Waals surface area contributed by atoms with E-state index in [9.17, 15) is 18.8 Å². The monoisotopic (exact) mass is 425 g/mol. The van der Waals surface area contributed by atoms with Crippen molar-refractivity contribution in [2.45, 2.75) is 6.92 Å². The van der Waals surface area contributed by atoms with Gasteiger partial charge in [-0.05, 0) is 37.3 Å². The molecule has 0 radical (unpaired) electrons. The van der Waals surface area contributed by atoms with E-state index < -0.39 is 23.4 Å². The maximum Gasteiger partial charge on any atom is 0.333 e. The number of rotatable bonds is 2. The van der Waals surface area contributed by atoms with Crippen molar-refractivity contribution in [1.82, 2.24) is 4.98 Å². The zero-order valence-corrected chi connectivity index (χ0v) is 16.4. The summed E-state index contributed by atoms with van der Waals surface area (Å²) < 4.78 is 29.7. The van der Waals surface area contributed by atoms with Gasteiger partial charge in [0, 0.05) is 28.4 Å². The van der Waals surface area contributed by atoms with Crippen molar-refractivity contribution in [1.29, 1.82) is 5.26 Å². The number of nitrogens with two attached hydrogens (primary N) is 1. The summed E-state index contributed by atoms with van der Waals surface area (Å²) >= 11 is 6.17. The molecular formula is C21H14ClF2N5O. The van der Waals surface area contributed by atoms with Crippen molar-refractivity contribution in [2.24, 2.45) is 0 Å². The van der Waals surface area contributed by atoms with E-state index in [-0.39, 0.29) is 28.6 Å². The number of hydrogen-bond acceptors (Lipinski definition) is 4. The number of urea groups is 1. The fourth-order valence-corrected chi connectivity index (χ4v) is 3.67. The third-order valence-corrected chi connectivity index (χ3v) is 5.02. The highest BCUT2D eigenvalue weighted by Gasteiger charge is 2.35. The fourth-order valence-electron chi connectivity index (χ4n) is 3.50. The Morgan fingerprint density at radius 3 is 2.47 bits per heavy atom. The Kier molecular flexibility index (Phi) is 4.76. The van der Waals surface area contributed by atoms with Gasteiger partial charge in [0.15, 0.2) is 11.6 Å². The molecule has 2 heterocycles. The van der Waals surface area contributed by atoms with E-state index in [2.05, 4.69) is 4.98 Å². The van der Waals surface area contributed by atoms with Crippen LogP contribution in [0.5, 0.6) is 0 Å². The first-order chi connectivity index (χ1) is 14.3. The maximum absolute atomic E-state index is 14.9. The van der Waals surface area contributed by atoms with Gasteiger partial charge in [0.25, 0.3) is 0 Å². The number of halogens is 3. The molecule has 0 atom stereocenters. The summed E-state index contributed by atoms with van der Waals surface area (Å²) in [5.74, 6) is -1.99. The lowest BCUT2D eigenvalue weighted by atomic mass is 10.0. The number of amides is 2. The van der Waals surface area contributed by atoms with E-state index in [1.165, 1.54) is 23.2 Å². The van der Waals surface area contributed by atoms with Gasteiger partial charge in [-0.2, -0.15) is 5.26 Å². The predicted molar refractivity (Wildman–Crippen MR) is 111 cm³/mol. The zero-order valence-electron chi connectivity index (χ0n) is 15.7. The Hall–Kier alpha value is -3.70. The predicted octanol–water partition coefficient (Wildman–Crippen LogP) is 5.23. The van der Waals surface area contributed by atoms with Crippen molar-refractivity contribution >= 4 is 40.4 Å². The van der Waals surface area contributed by atoms with E-state index in [4.69, 9.17) is 17.3 Å². The Bertz CT molecular complexity index is 1220. The van der Waals surface area contributed by atoms with Crippen molar-refractivity contribution in [3.8, 4) is 17.2 Å². The Balaban J connectivity index is 2.10. The van der Waals surface area contributed by atoms with Crippen molar-refractivity contribution < 1.29 is 13.6 Å². The van der Waals surface area contributed by atoms with Gasteiger partial charge >= 0.3 is 6.03 Å². The van der Waals surface area contributed by atoms with Crippen LogP contribution in [0.15, 0.2) is 42.6 Å². The second kappa shape index (κ2) is 7.28. The minimum atomic E-state index is -0.996. The Morgan fingerprint density at radius 2 is 1.83 bits per heavy atom. The van der Waals surface area contributed by atoms with Gasteiger partial charge in [0.1, 0.15) is 17.5 Å². The lowest BCUT2D eigenvalue weighted by Crippen LogP contribution is -2.41. The Morgan fingerprint density at radius 1 is 1.13 bits per heavy atom. The molecule has 0 fully saturated rings. The number of carbonyl (C=O) groups is 1. The molecule has 0 bridgehead atoms. The Labute approximate surface area is 175 Å². The van der Waals surface area contributed by atoms with E-state index in [1.54, 1.807) is 19.1 Å². The molecule has 9 heteroatoms. The molecular weight excluding hydrogens is 412 g/mol. The molecule has 2 amide bonds. The van der Waals surface area contributed by atoms with E-state index >= 15 is 0 Å². The summed E-state index contributed by atoms with van der Waals surface area (Å²) in [6, 6.07) is 9.34. The summed E-state index contributed by atoms with van der Waals surface area (Å²) in [5, 5.41) is 9.54. The van der Waals surface area contributed by atoms with Crippen LogP contribution < -0.4 is 15.5 Å². The number of anilines is 4. The number of nitriles is 1. The van der Waals surface area contributed by atoms with E-state index in [0.29, 0.717) is 16.8 Å². The topological polar surface area (TPSA) is 86.3 Å². The summed E-state index contributed by atoms with van der Waals surface area (Å²) in [5.41, 5.74) is 6.55. The normalized spacial score (nSPS) is 12.8. The highest BCUT2D eigenvalue weighted by atomic mass is 35.5. The first-order valence-electron chi connectivity index (χ1n) is 8.92. The average Bonchev–Trinajstić information content (AvgIpc) is 2.79. The van der Waals surface area contributed by atoms with Gasteiger partial charge < -0.3 is 5.73 Å². The summed E-state index contributed by atoms with van der Waals surface area (Å²) in [4.78, 5) is 19.8. The molecule has 0 spiro atoms. The third kappa shape index (κ3) is 3.00. The molecule has 4 rings (SSSR count). The molecule has 30 heavy (non-hydrogen) atoms. The first-order valence-corrected chi connectivity index (χ1v) is 9.29. The van der Waals surface area contributed by atoms with Crippen molar-refractivity contribution in [2.75, 3.05) is 22.1 Å². The summed E-state index contributed by atoms with van der Waals surface area (Å²) in [7, 11) is 0. The molecule has 2 N–H and O–H groups in total. The first kappa shape index (κ1) is 19.6. The number of hydrogen-bond donors (Lipinski definition) is 1. The number of aromatic nitrogens is 1. The molecule has 3 aromatic rings. The van der Waals surface area contributed by atoms with Crippen LogP contribution >= 0.6 is 11.6 Å². The highest BCUT2D eigenvalue weighted by molar-refractivity contribution is 6.31. The minimum Gasteiger partial charge on any atom is -0.399 e. The standard InChI is InChI=1S/C21H14ClF2N5O/c1-2-28-19-10-27-13(9-25)8-15(19)14-4-3-11(22)5-18(14)29(21(28)30)20-16(23)6-12(26)7-17(20)24/h3-8,10H,2,26H2,1H3. The van der Waals surface area contributed by atoms with Gasteiger partial charge in [-0.3, -0.25) is 9.80 Å². The SMILES string of the molecule is CCN1C(=O)N(c2c(F)cc(N)cc2F)c2cc(Cl)ccc2-c2cc(C#N)ncc21. The smallest absolute Gasteiger partial charge is 0.333 e. The van der Waals surface area contributed by atoms with Crippen LogP contribution in [-0.4, -0.2) is 17.6 Å². The van der Waals surface area contributed by atoms with Crippen LogP contribution in [0.1, 0.15) is 12.6 Å². The lowest BCUT2D eigenvalue weighted by molar-refractivity contribution is 0.253. The highest BCUT2D eigenvalue weighted by Crippen LogP contribution is 2.46. The largest absolute Gasteiger partial charge is 0.399 e. The second-order valence-corrected chi connectivity index (χ2v) is 6.99. The molecule has 0 unspecified atom stereocenters. The van der Waals surface area contributed by atoms with Crippen LogP contribution in [0, 0.1) is 23.0 Å². The fraction of sp³-hybridized carbons (Fsp3) is 0.0952. The zero-order chi connectivity index (χ0) is 21.6. The van der Waals surface area contributed by atoms with Crippen LogP contribution in [-0.2, 0) is 0 Å². The van der Waals surface area contributed by atoms with E-state index in [0.717, 1.165) is 17.0 Å². The number of nitrogen functional groups attached to an aromatic ring is 1. The lowest BCUT2D eigenvalue weighted by Gasteiger charge is -2.28. The van der Waals surface area contributed by atoms with Crippen molar-refractivity contribution in [3.05, 3.63) is 64.9 Å². The number of fused-ring (bicyclic) bond motifs is 3.